The fraction of sp³-hybridized carbons (Fsp3) is 0.375. The first kappa shape index (κ1) is 31.1. The number of primary amides is 1. The van der Waals surface area contributed by atoms with Crippen molar-refractivity contribution in [2.45, 2.75) is 56.0 Å². The van der Waals surface area contributed by atoms with Gasteiger partial charge in [-0.05, 0) is 68.0 Å². The lowest BCUT2D eigenvalue weighted by molar-refractivity contribution is -0.137. The van der Waals surface area contributed by atoms with Crippen LogP contribution in [-0.4, -0.2) is 64.4 Å². The number of likely N-dealkylation sites (tertiary alicyclic amines) is 1. The fourth-order valence-corrected chi connectivity index (χ4v) is 5.96. The molecule has 1 atom stereocenters. The quantitative estimate of drug-likeness (QED) is 0.308. The van der Waals surface area contributed by atoms with Crippen molar-refractivity contribution in [2.75, 3.05) is 19.6 Å². The third-order valence-electron chi connectivity index (χ3n) is 8.42. The zero-order valence-electron chi connectivity index (χ0n) is 23.9. The summed E-state index contributed by atoms with van der Waals surface area (Å²) in [5.74, 6) is -1.57. The molecule has 3 aromatic rings. The van der Waals surface area contributed by atoms with E-state index in [1.165, 1.54) is 6.07 Å². The van der Waals surface area contributed by atoms with Crippen LogP contribution in [0.15, 0.2) is 66.9 Å². The maximum Gasteiger partial charge on any atom is 0.416 e. The van der Waals surface area contributed by atoms with Crippen molar-refractivity contribution in [2.24, 2.45) is 5.73 Å². The molecule has 1 unspecified atom stereocenters. The van der Waals surface area contributed by atoms with E-state index in [2.05, 4.69) is 15.6 Å². The number of carbonyl (C=O) groups excluding carboxylic acids is 3. The predicted molar refractivity (Wildman–Crippen MR) is 156 cm³/mol. The molecule has 232 valence electrons. The van der Waals surface area contributed by atoms with Gasteiger partial charge in [0.2, 0.25) is 11.8 Å². The van der Waals surface area contributed by atoms with Crippen LogP contribution < -0.4 is 16.4 Å². The Kier molecular flexibility index (Phi) is 9.02. The van der Waals surface area contributed by atoms with Crippen molar-refractivity contribution in [3.8, 4) is 11.1 Å². The second kappa shape index (κ2) is 12.7. The summed E-state index contributed by atoms with van der Waals surface area (Å²) in [5.41, 5.74) is 5.73. The van der Waals surface area contributed by atoms with Crippen molar-refractivity contribution in [1.29, 1.82) is 0 Å². The van der Waals surface area contributed by atoms with Gasteiger partial charge in [-0.25, -0.2) is 0 Å². The van der Waals surface area contributed by atoms with Crippen LogP contribution in [0.4, 0.5) is 13.2 Å². The van der Waals surface area contributed by atoms with E-state index in [1.807, 2.05) is 12.1 Å². The average Bonchev–Trinajstić information content (AvgIpc) is 3.49. The van der Waals surface area contributed by atoms with Gasteiger partial charge in [-0.15, -0.1) is 0 Å². The van der Waals surface area contributed by atoms with E-state index in [0.717, 1.165) is 30.2 Å². The van der Waals surface area contributed by atoms with E-state index in [-0.39, 0.29) is 30.1 Å². The minimum atomic E-state index is -4.56. The second-order valence-corrected chi connectivity index (χ2v) is 11.4. The van der Waals surface area contributed by atoms with Crippen LogP contribution in [0.3, 0.4) is 0 Å². The molecule has 5 rings (SSSR count). The van der Waals surface area contributed by atoms with E-state index in [9.17, 15) is 32.7 Å². The van der Waals surface area contributed by atoms with Crippen molar-refractivity contribution >= 4 is 17.7 Å². The van der Waals surface area contributed by atoms with E-state index in [0.29, 0.717) is 55.6 Å². The zero-order valence-corrected chi connectivity index (χ0v) is 23.9. The van der Waals surface area contributed by atoms with Crippen LogP contribution in [-0.2, 0) is 16.6 Å². The van der Waals surface area contributed by atoms with Crippen molar-refractivity contribution < 1.29 is 32.7 Å². The Morgan fingerprint density at radius 1 is 1.00 bits per heavy atom. The van der Waals surface area contributed by atoms with Crippen molar-refractivity contribution in [1.82, 2.24) is 20.5 Å². The highest BCUT2D eigenvalue weighted by atomic mass is 19.4. The number of benzene rings is 2. The second-order valence-electron chi connectivity index (χ2n) is 11.4. The van der Waals surface area contributed by atoms with Crippen LogP contribution >= 0.6 is 0 Å². The maximum absolute atomic E-state index is 12.9. The number of nitrogens with one attached hydrogen (secondary N) is 2. The number of nitrogens with zero attached hydrogens (tertiary/aromatic N) is 2. The molecule has 2 aromatic carbocycles. The smallest absolute Gasteiger partial charge is 0.384 e. The SMILES string of the molecule is NC(=O)c1ccccc1-c1ccc(C2(O)CCC(NC3CCN(C(=O)CNC(=O)c4cccc(C(F)(F)F)c4)C3)CC2)nc1. The number of amides is 3. The van der Waals surface area contributed by atoms with E-state index >= 15 is 0 Å². The summed E-state index contributed by atoms with van der Waals surface area (Å²) < 4.78 is 38.8. The Hall–Kier alpha value is -4.29. The summed E-state index contributed by atoms with van der Waals surface area (Å²) in [6.07, 6.45) is 0.238. The largest absolute Gasteiger partial charge is 0.416 e. The zero-order chi connectivity index (χ0) is 31.5. The van der Waals surface area contributed by atoms with Gasteiger partial charge in [0.1, 0.15) is 5.60 Å². The highest BCUT2D eigenvalue weighted by Gasteiger charge is 2.37. The lowest BCUT2D eigenvalue weighted by atomic mass is 9.79. The van der Waals surface area contributed by atoms with Crippen LogP contribution in [0.1, 0.15) is 64.1 Å². The third-order valence-corrected chi connectivity index (χ3v) is 8.42. The summed E-state index contributed by atoms with van der Waals surface area (Å²) in [7, 11) is 0. The van der Waals surface area contributed by atoms with Crippen LogP contribution in [0.5, 0.6) is 0 Å². The summed E-state index contributed by atoms with van der Waals surface area (Å²) in [4.78, 5) is 43.0. The van der Waals surface area contributed by atoms with Gasteiger partial charge in [0.25, 0.3) is 5.91 Å². The van der Waals surface area contributed by atoms with Crippen molar-refractivity contribution in [3.05, 3.63) is 89.2 Å². The molecule has 3 amide bonds. The number of aromatic nitrogens is 1. The van der Waals surface area contributed by atoms with Crippen LogP contribution in [0.25, 0.3) is 11.1 Å². The molecule has 1 aliphatic heterocycles. The Balaban J connectivity index is 1.08. The summed E-state index contributed by atoms with van der Waals surface area (Å²) in [6, 6.07) is 14.9. The standard InChI is InChI=1S/C32H34F3N5O4/c33-32(34,35)22-5-3-4-20(16-22)30(43)38-18-28(41)40-15-12-24(19-40)39-23-10-13-31(44,14-11-23)27-9-8-21(17-37-27)25-6-1-2-7-26(25)29(36)42/h1-9,16-17,23-24,39,44H,10-15,18-19H2,(H2,36,42)(H,38,43). The molecule has 5 N–H and O–H groups in total. The number of nitrogens with two attached hydrogens (primary N) is 1. The maximum atomic E-state index is 12.9. The summed E-state index contributed by atoms with van der Waals surface area (Å²) in [5, 5.41) is 17.4. The highest BCUT2D eigenvalue weighted by molar-refractivity contribution is 5.99. The molecule has 2 heterocycles. The first-order valence-electron chi connectivity index (χ1n) is 14.5. The minimum Gasteiger partial charge on any atom is -0.384 e. The van der Waals surface area contributed by atoms with Gasteiger partial charge in [0.05, 0.1) is 17.8 Å². The molecule has 1 aliphatic carbocycles. The molecule has 0 bridgehead atoms. The molecule has 0 spiro atoms. The van der Waals surface area contributed by atoms with E-state index in [1.54, 1.807) is 35.4 Å². The topological polar surface area (TPSA) is 138 Å². The first-order valence-corrected chi connectivity index (χ1v) is 14.5. The third kappa shape index (κ3) is 7.08. The lowest BCUT2D eigenvalue weighted by Crippen LogP contribution is -2.46. The minimum absolute atomic E-state index is 0.0528. The molecule has 44 heavy (non-hydrogen) atoms. The number of halogens is 3. The Morgan fingerprint density at radius 3 is 2.43 bits per heavy atom. The van der Waals surface area contributed by atoms with Gasteiger partial charge in [-0.1, -0.05) is 30.3 Å². The monoisotopic (exact) mass is 609 g/mol. The molecule has 1 saturated carbocycles. The Morgan fingerprint density at radius 2 is 1.75 bits per heavy atom. The van der Waals surface area contributed by atoms with Crippen LogP contribution in [0, 0.1) is 0 Å². The molecule has 0 radical (unpaired) electrons. The fourth-order valence-electron chi connectivity index (χ4n) is 5.96. The number of hydrogen-bond donors (Lipinski definition) is 4. The Labute approximate surface area is 252 Å². The number of pyridine rings is 1. The number of aliphatic hydroxyl groups is 1. The van der Waals surface area contributed by atoms with Gasteiger partial charge < -0.3 is 26.4 Å². The first-order chi connectivity index (χ1) is 20.9. The number of hydrogen-bond acceptors (Lipinski definition) is 6. The molecule has 1 aromatic heterocycles. The molecule has 2 fully saturated rings. The van der Waals surface area contributed by atoms with Gasteiger partial charge in [0.15, 0.2) is 0 Å². The van der Waals surface area contributed by atoms with Crippen molar-refractivity contribution in [3.63, 3.8) is 0 Å². The molecule has 12 heteroatoms. The molecular formula is C32H34F3N5O4. The van der Waals surface area contributed by atoms with Gasteiger partial charge in [-0.2, -0.15) is 13.2 Å². The van der Waals surface area contributed by atoms with E-state index in [4.69, 9.17) is 5.73 Å². The number of rotatable bonds is 8. The lowest BCUT2D eigenvalue weighted by Gasteiger charge is -2.37. The Bertz CT molecular complexity index is 1520. The van der Waals surface area contributed by atoms with Crippen LogP contribution in [0.2, 0.25) is 0 Å². The molecule has 2 aliphatic rings. The number of carbonyl (C=O) groups is 3. The molecule has 9 nitrogen and oxygen atoms in total. The van der Waals surface area contributed by atoms with Gasteiger partial charge >= 0.3 is 6.18 Å². The summed E-state index contributed by atoms with van der Waals surface area (Å²) in [6.45, 7) is 0.648. The summed E-state index contributed by atoms with van der Waals surface area (Å²) >= 11 is 0. The molecular weight excluding hydrogens is 575 g/mol. The number of alkyl halides is 3. The molecule has 1 saturated heterocycles. The van der Waals surface area contributed by atoms with Gasteiger partial charge in [0, 0.05) is 48.1 Å². The van der Waals surface area contributed by atoms with Gasteiger partial charge in [-0.3, -0.25) is 19.4 Å². The normalized spacial score (nSPS) is 22.0. The highest BCUT2D eigenvalue weighted by Crippen LogP contribution is 2.37. The average molecular weight is 610 g/mol. The van der Waals surface area contributed by atoms with E-state index < -0.39 is 29.2 Å². The predicted octanol–water partition coefficient (Wildman–Crippen LogP) is 3.62.